The van der Waals surface area contributed by atoms with Crippen LogP contribution in [0.15, 0.2) is 179 Å². The molecule has 0 aliphatic carbocycles. The molecule has 354 valence electrons. The molecule has 0 saturated carbocycles. The first-order chi connectivity index (χ1) is 26.0. The summed E-state index contributed by atoms with van der Waals surface area (Å²) < 4.78 is 1.96. The maximum atomic E-state index is 8.74. The molecule has 22 heteroatoms. The summed E-state index contributed by atoms with van der Waals surface area (Å²) >= 11 is 29.7. The van der Waals surface area contributed by atoms with Crippen LogP contribution >= 0.6 is 183 Å². The van der Waals surface area contributed by atoms with E-state index in [1.54, 1.807) is 146 Å². The van der Waals surface area contributed by atoms with Gasteiger partial charge in [-0.15, -0.1) is 50.9 Å². The monoisotopic (exact) mass is 1710 g/mol. The fourth-order valence-corrected chi connectivity index (χ4v) is 3.12. The van der Waals surface area contributed by atoms with Crippen molar-refractivity contribution in [2.45, 2.75) is 7.43 Å². The van der Waals surface area contributed by atoms with Crippen LogP contribution in [0.3, 0.4) is 0 Å². The first kappa shape index (κ1) is 84.3. The van der Waals surface area contributed by atoms with Crippen molar-refractivity contribution in [1.82, 2.24) is 0 Å². The molecule has 6 rings (SSSR count). The topological polar surface area (TPSA) is 184 Å². The van der Waals surface area contributed by atoms with Gasteiger partial charge in [-0.1, -0.05) is 128 Å². The van der Waals surface area contributed by atoms with Crippen LogP contribution in [0.5, 0.6) is 34.5 Å². The normalized spacial score (nSPS) is 7.37. The fourth-order valence-electron chi connectivity index (χ4n) is 2.59. The van der Waals surface area contributed by atoms with E-state index in [1.165, 1.54) is 22.7 Å². The molecular weight excluding hydrogens is 1670 g/mol. The van der Waals surface area contributed by atoms with Crippen molar-refractivity contribution in [2.75, 3.05) is 5.83 Å². The molecule has 0 aliphatic rings. The van der Waals surface area contributed by atoms with E-state index < -0.39 is 0 Å². The van der Waals surface area contributed by atoms with Crippen molar-refractivity contribution in [3.05, 3.63) is 179 Å². The zero-order valence-corrected chi connectivity index (χ0v) is 51.4. The van der Waals surface area contributed by atoms with Gasteiger partial charge in [-0.05, 0) is 103 Å². The number of benzene rings is 6. The molecule has 0 spiro atoms. The van der Waals surface area contributed by atoms with Crippen LogP contribution in [0.2, 0.25) is 0 Å². The second-order valence-corrected chi connectivity index (χ2v) is 19.7. The molecule has 0 heterocycles. The molecule has 10 N–H and O–H groups in total. The molecule has 0 aliphatic heterocycles. The van der Waals surface area contributed by atoms with Crippen LogP contribution in [0.4, 0.5) is 0 Å². The SMILES string of the molecule is Br.Br.Br.BrBr.C.CBr.O.O.Oc1ccc(Br)cc1.Oc1ccc(Br)cc1.Oc1ccccc1.Oc1ccccc1.Oc1ccccc1.Oc1ccccc1.[Br][Cu][Br].[Br][Cu][Br]. The quantitative estimate of drug-likeness (QED) is 0.0649. The van der Waals surface area contributed by atoms with E-state index in [-0.39, 0.29) is 69.3 Å². The molecule has 0 saturated heterocycles. The third-order valence-electron chi connectivity index (χ3n) is 4.68. The van der Waals surface area contributed by atoms with Gasteiger partial charge in [0.2, 0.25) is 0 Å². The van der Waals surface area contributed by atoms with Gasteiger partial charge in [-0.25, -0.2) is 0 Å². The average Bonchev–Trinajstić information content (AvgIpc) is 3.19. The number of rotatable bonds is 0. The first-order valence-electron chi connectivity index (χ1n) is 14.0. The third-order valence-corrected chi connectivity index (χ3v) is 5.74. The summed E-state index contributed by atoms with van der Waals surface area (Å²) in [6.07, 6.45) is 0. The maximum absolute atomic E-state index is 8.74. The fraction of sp³-hybridized carbons (Fsp3) is 0.0526. The number of alkyl halides is 1. The summed E-state index contributed by atoms with van der Waals surface area (Å²) in [6.45, 7) is 0. The van der Waals surface area contributed by atoms with Crippen LogP contribution in [0.25, 0.3) is 0 Å². The van der Waals surface area contributed by atoms with Crippen LogP contribution in [0, 0.1) is 0 Å². The van der Waals surface area contributed by atoms with E-state index in [4.69, 9.17) is 30.6 Å². The Balaban J connectivity index is -0.0000000588. The summed E-state index contributed by atoms with van der Waals surface area (Å²) in [6, 6.07) is 48.5. The number of hydrogen-bond donors (Lipinski definition) is 6. The van der Waals surface area contributed by atoms with E-state index in [1.807, 2.05) is 30.1 Å². The van der Waals surface area contributed by atoms with Gasteiger partial charge >= 0.3 is 79.1 Å². The number of aromatic hydroxyl groups is 6. The van der Waals surface area contributed by atoms with Gasteiger partial charge in [0, 0.05) is 37.2 Å². The van der Waals surface area contributed by atoms with Gasteiger partial charge < -0.3 is 41.6 Å². The summed E-state index contributed by atoms with van der Waals surface area (Å²) in [5.74, 6) is 3.70. The number of halogens is 12. The number of phenolic OH excluding ortho intramolecular Hbond substituents is 6. The summed E-state index contributed by atoms with van der Waals surface area (Å²) in [7, 11) is 0. The van der Waals surface area contributed by atoms with Gasteiger partial charge in [-0.2, -0.15) is 0 Å². The molecule has 0 amide bonds. The van der Waals surface area contributed by atoms with Crippen LogP contribution in [0.1, 0.15) is 7.43 Å². The van der Waals surface area contributed by atoms with Gasteiger partial charge in [0.1, 0.15) is 34.5 Å². The first-order valence-corrected chi connectivity index (χ1v) is 30.2. The van der Waals surface area contributed by atoms with E-state index in [0.29, 0.717) is 34.5 Å². The summed E-state index contributed by atoms with van der Waals surface area (Å²) in [4.78, 5) is 0. The Kier molecular flexibility index (Phi) is 96.8. The molecule has 0 aromatic heterocycles. The Morgan fingerprint density at radius 3 is 0.517 bits per heavy atom. The van der Waals surface area contributed by atoms with Crippen LogP contribution in [-0.4, -0.2) is 47.4 Å². The van der Waals surface area contributed by atoms with Crippen molar-refractivity contribution in [2.24, 2.45) is 0 Å². The zero-order chi connectivity index (χ0) is 41.8. The Hall–Kier alpha value is 0.839. The molecule has 0 atom stereocenters. The third kappa shape index (κ3) is 70.5. The van der Waals surface area contributed by atoms with Gasteiger partial charge in [0.25, 0.3) is 0 Å². The number of hydrogen-bond acceptors (Lipinski definition) is 6. The predicted molar refractivity (Wildman–Crippen MR) is 297 cm³/mol. The Morgan fingerprint density at radius 1 is 0.317 bits per heavy atom. The molecule has 0 bridgehead atoms. The molecule has 0 unspecified atom stereocenters. The van der Waals surface area contributed by atoms with E-state index >= 15 is 0 Å². The minimum atomic E-state index is 0. The average molecular weight is 1720 g/mol. The van der Waals surface area contributed by atoms with Gasteiger partial charge in [0.05, 0.1) is 0 Å². The zero-order valence-electron chi connectivity index (χ0n) is 30.1. The summed E-state index contributed by atoms with van der Waals surface area (Å²) in [5, 5.41) is 52.0. The molecule has 6 aromatic carbocycles. The second kappa shape index (κ2) is 68.9. The summed E-state index contributed by atoms with van der Waals surface area (Å²) in [5.41, 5.74) is 0. The Morgan fingerprint density at radius 2 is 0.433 bits per heavy atom. The van der Waals surface area contributed by atoms with E-state index in [2.05, 4.69) is 132 Å². The number of phenols is 6. The molecule has 0 fully saturated rings. The van der Waals surface area contributed by atoms with E-state index in [0.717, 1.165) is 8.95 Å². The number of para-hydroxylation sites is 4. The molecular formula is C38H48Br12Cu2O8. The van der Waals surface area contributed by atoms with Crippen molar-refractivity contribution in [3.8, 4) is 34.5 Å². The van der Waals surface area contributed by atoms with Gasteiger partial charge in [0.15, 0.2) is 0 Å². The molecule has 8 nitrogen and oxygen atoms in total. The Labute approximate surface area is 467 Å². The molecule has 6 aromatic rings. The predicted octanol–water partition coefficient (Wildman–Crippen LogP) is 16.7. The Bertz CT molecular complexity index is 1330. The second-order valence-electron chi connectivity index (χ2n) is 8.38. The molecule has 0 radical (unpaired) electrons. The van der Waals surface area contributed by atoms with Crippen LogP contribution < -0.4 is 0 Å². The standard InChI is InChI=1S/2C6H5BrO.4C6H6O.CH3Br.CH4.Br2.7BrH.2Cu.2H2O/c2*7-5-1-3-6(8)4-2-5;4*7-6-4-2-1-3-5-6;1-2;;1-2;;;;;;;;;;;/h2*1-4,8H;4*1-5,7H;1H3;1H4;;7*1H;;;2*1H2/q;;;;;;;;;;;;;;;;2*+2;;/p-4. The van der Waals surface area contributed by atoms with Crippen molar-refractivity contribution < 1.29 is 64.3 Å². The van der Waals surface area contributed by atoms with E-state index in [9.17, 15) is 0 Å². The minimum absolute atomic E-state index is 0. The molecule has 60 heavy (non-hydrogen) atoms. The van der Waals surface area contributed by atoms with Gasteiger partial charge in [-0.3, -0.25) is 0 Å². The van der Waals surface area contributed by atoms with Crippen molar-refractivity contribution in [1.29, 1.82) is 0 Å². The van der Waals surface area contributed by atoms with Crippen molar-refractivity contribution >= 4 is 183 Å². The van der Waals surface area contributed by atoms with Crippen LogP contribution in [-0.2, 0) is 22.7 Å². The van der Waals surface area contributed by atoms with Crippen molar-refractivity contribution in [3.63, 3.8) is 0 Å².